The predicted octanol–water partition coefficient (Wildman–Crippen LogP) is 1.45. The quantitative estimate of drug-likeness (QED) is 0.726. The molecule has 16 heavy (non-hydrogen) atoms. The van der Waals surface area contributed by atoms with Gasteiger partial charge in [0.25, 0.3) is 0 Å². The fourth-order valence-corrected chi connectivity index (χ4v) is 1.95. The van der Waals surface area contributed by atoms with Gasteiger partial charge in [0, 0.05) is 19.2 Å². The maximum atomic E-state index is 5.50. The molecule has 0 spiro atoms. The van der Waals surface area contributed by atoms with Crippen molar-refractivity contribution in [2.75, 3.05) is 24.6 Å². The Morgan fingerprint density at radius 3 is 3.25 bits per heavy atom. The Balaban J connectivity index is 1.92. The second-order valence-corrected chi connectivity index (χ2v) is 3.99. The molecule has 0 radical (unpaired) electrons. The molecule has 2 aromatic rings. The van der Waals surface area contributed by atoms with Crippen LogP contribution in [0, 0.1) is 0 Å². The molecule has 5 heteroatoms. The smallest absolute Gasteiger partial charge is 0.182 e. The van der Waals surface area contributed by atoms with Crippen molar-refractivity contribution in [2.45, 2.75) is 13.0 Å². The summed E-state index contributed by atoms with van der Waals surface area (Å²) in [6.45, 7) is 4.56. The molecule has 1 aliphatic heterocycles. The molecule has 1 saturated heterocycles. The summed E-state index contributed by atoms with van der Waals surface area (Å²) in [5.74, 6) is 0.930. The van der Waals surface area contributed by atoms with E-state index in [0.717, 1.165) is 36.6 Å². The van der Waals surface area contributed by atoms with E-state index in [0.29, 0.717) is 0 Å². The first-order chi connectivity index (χ1) is 7.83. The first kappa shape index (κ1) is 9.59. The number of fused-ring (bicyclic) bond motifs is 1. The maximum Gasteiger partial charge on any atom is 0.182 e. The number of aromatic nitrogens is 2. The number of rotatable bonds is 1. The third-order valence-corrected chi connectivity index (χ3v) is 2.77. The lowest BCUT2D eigenvalue weighted by atomic mass is 10.3. The van der Waals surface area contributed by atoms with Gasteiger partial charge in [-0.25, -0.2) is 9.97 Å². The van der Waals surface area contributed by atoms with Gasteiger partial charge in [0.15, 0.2) is 12.0 Å². The van der Waals surface area contributed by atoms with Gasteiger partial charge in [-0.1, -0.05) is 0 Å². The summed E-state index contributed by atoms with van der Waals surface area (Å²) in [4.78, 5) is 10.6. The average Bonchev–Trinajstić information content (AvgIpc) is 2.75. The highest BCUT2D eigenvalue weighted by Gasteiger charge is 2.18. The topological polar surface area (TPSA) is 51.4 Å². The van der Waals surface area contributed by atoms with E-state index in [2.05, 4.69) is 21.8 Å². The van der Waals surface area contributed by atoms with Crippen LogP contribution in [-0.4, -0.2) is 35.8 Å². The third kappa shape index (κ3) is 1.63. The molecule has 0 N–H and O–H groups in total. The van der Waals surface area contributed by atoms with Crippen LogP contribution < -0.4 is 4.90 Å². The van der Waals surface area contributed by atoms with Gasteiger partial charge in [0.2, 0.25) is 0 Å². The van der Waals surface area contributed by atoms with Gasteiger partial charge in [-0.05, 0) is 6.92 Å². The molecule has 1 aliphatic rings. The molecular weight excluding hydrogens is 206 g/mol. The van der Waals surface area contributed by atoms with Gasteiger partial charge in [0.1, 0.15) is 11.3 Å². The summed E-state index contributed by atoms with van der Waals surface area (Å²) in [5, 5.41) is 0. The van der Waals surface area contributed by atoms with Gasteiger partial charge in [0.05, 0.1) is 18.9 Å². The van der Waals surface area contributed by atoms with Crippen molar-refractivity contribution < 1.29 is 9.15 Å². The zero-order chi connectivity index (χ0) is 11.0. The second-order valence-electron chi connectivity index (χ2n) is 3.99. The van der Waals surface area contributed by atoms with E-state index in [1.54, 1.807) is 6.20 Å². The number of pyridine rings is 1. The summed E-state index contributed by atoms with van der Waals surface area (Å²) in [7, 11) is 0. The first-order valence-electron chi connectivity index (χ1n) is 5.39. The fourth-order valence-electron chi connectivity index (χ4n) is 1.95. The van der Waals surface area contributed by atoms with E-state index in [1.807, 2.05) is 6.07 Å². The van der Waals surface area contributed by atoms with E-state index in [4.69, 9.17) is 9.15 Å². The SMILES string of the molecule is C[C@H]1CN(c2cc3ocnc3cn2)CCO1. The van der Waals surface area contributed by atoms with E-state index in [9.17, 15) is 0 Å². The van der Waals surface area contributed by atoms with Gasteiger partial charge in [-0.2, -0.15) is 0 Å². The molecule has 84 valence electrons. The van der Waals surface area contributed by atoms with Crippen molar-refractivity contribution in [2.24, 2.45) is 0 Å². The third-order valence-electron chi connectivity index (χ3n) is 2.77. The monoisotopic (exact) mass is 219 g/mol. The Bertz CT molecular complexity index is 497. The van der Waals surface area contributed by atoms with Gasteiger partial charge in [-0.3, -0.25) is 0 Å². The normalized spacial score (nSPS) is 21.6. The van der Waals surface area contributed by atoms with Crippen molar-refractivity contribution in [3.8, 4) is 0 Å². The predicted molar refractivity (Wildman–Crippen MR) is 59.4 cm³/mol. The van der Waals surface area contributed by atoms with E-state index in [-0.39, 0.29) is 6.10 Å². The lowest BCUT2D eigenvalue weighted by Crippen LogP contribution is -2.41. The van der Waals surface area contributed by atoms with Crippen molar-refractivity contribution in [1.29, 1.82) is 0 Å². The minimum atomic E-state index is 0.251. The Morgan fingerprint density at radius 1 is 1.44 bits per heavy atom. The second kappa shape index (κ2) is 3.75. The summed E-state index contributed by atoms with van der Waals surface area (Å²) < 4.78 is 10.8. The Kier molecular flexibility index (Phi) is 2.25. The minimum Gasteiger partial charge on any atom is -0.443 e. The largest absolute Gasteiger partial charge is 0.443 e. The number of anilines is 1. The maximum absolute atomic E-state index is 5.50. The zero-order valence-electron chi connectivity index (χ0n) is 9.09. The Labute approximate surface area is 93.0 Å². The number of ether oxygens (including phenoxy) is 1. The van der Waals surface area contributed by atoms with Crippen LogP contribution in [0.4, 0.5) is 5.82 Å². The highest BCUT2D eigenvalue weighted by Crippen LogP contribution is 2.20. The number of morpholine rings is 1. The molecular formula is C11H13N3O2. The molecule has 0 aliphatic carbocycles. The molecule has 1 atom stereocenters. The molecule has 0 bridgehead atoms. The van der Waals surface area contributed by atoms with Gasteiger partial charge >= 0.3 is 0 Å². The van der Waals surface area contributed by atoms with Crippen molar-refractivity contribution >= 4 is 16.9 Å². The van der Waals surface area contributed by atoms with Crippen LogP contribution >= 0.6 is 0 Å². The van der Waals surface area contributed by atoms with Crippen LogP contribution in [-0.2, 0) is 4.74 Å². The highest BCUT2D eigenvalue weighted by molar-refractivity contribution is 5.74. The van der Waals surface area contributed by atoms with E-state index < -0.39 is 0 Å². The summed E-state index contributed by atoms with van der Waals surface area (Å²) in [6.07, 6.45) is 3.44. The number of hydrogen-bond acceptors (Lipinski definition) is 5. The van der Waals surface area contributed by atoms with Crippen LogP contribution in [0.2, 0.25) is 0 Å². The Morgan fingerprint density at radius 2 is 2.38 bits per heavy atom. The molecule has 3 rings (SSSR count). The molecule has 2 aromatic heterocycles. The van der Waals surface area contributed by atoms with Crippen LogP contribution in [0.5, 0.6) is 0 Å². The standard InChI is InChI=1S/C11H13N3O2/c1-8-6-14(2-3-15-8)11-4-10-9(5-12-11)13-7-16-10/h4-5,7-8H,2-3,6H2,1H3/t8-/m0/s1. The first-order valence-corrected chi connectivity index (χ1v) is 5.39. The molecule has 0 amide bonds. The average molecular weight is 219 g/mol. The van der Waals surface area contributed by atoms with Gasteiger partial charge < -0.3 is 14.1 Å². The van der Waals surface area contributed by atoms with Crippen molar-refractivity contribution in [3.63, 3.8) is 0 Å². The van der Waals surface area contributed by atoms with Crippen LogP contribution in [0.25, 0.3) is 11.1 Å². The van der Waals surface area contributed by atoms with Crippen LogP contribution in [0.15, 0.2) is 23.1 Å². The molecule has 1 fully saturated rings. The molecule has 5 nitrogen and oxygen atoms in total. The van der Waals surface area contributed by atoms with E-state index >= 15 is 0 Å². The minimum absolute atomic E-state index is 0.251. The van der Waals surface area contributed by atoms with Gasteiger partial charge in [-0.15, -0.1) is 0 Å². The van der Waals surface area contributed by atoms with Crippen LogP contribution in [0.1, 0.15) is 6.92 Å². The van der Waals surface area contributed by atoms with Crippen molar-refractivity contribution in [3.05, 3.63) is 18.7 Å². The van der Waals surface area contributed by atoms with E-state index in [1.165, 1.54) is 6.39 Å². The summed E-state index contributed by atoms with van der Waals surface area (Å²) >= 11 is 0. The van der Waals surface area contributed by atoms with Crippen LogP contribution in [0.3, 0.4) is 0 Å². The number of oxazole rings is 1. The number of nitrogens with zero attached hydrogens (tertiary/aromatic N) is 3. The molecule has 0 saturated carbocycles. The fraction of sp³-hybridized carbons (Fsp3) is 0.455. The summed E-state index contributed by atoms with van der Waals surface area (Å²) in [6, 6.07) is 1.93. The summed E-state index contributed by atoms with van der Waals surface area (Å²) in [5.41, 5.74) is 1.58. The molecule has 0 unspecified atom stereocenters. The molecule has 3 heterocycles. The number of hydrogen-bond donors (Lipinski definition) is 0. The Hall–Kier alpha value is -1.62. The highest BCUT2D eigenvalue weighted by atomic mass is 16.5. The zero-order valence-corrected chi connectivity index (χ0v) is 9.09. The lowest BCUT2D eigenvalue weighted by molar-refractivity contribution is 0.0529. The van der Waals surface area contributed by atoms with Crippen molar-refractivity contribution in [1.82, 2.24) is 9.97 Å². The molecule has 0 aromatic carbocycles. The lowest BCUT2D eigenvalue weighted by Gasteiger charge is -2.31.